The number of phenolic OH excluding ortho intramolecular Hbond substituents is 3. The molecule has 11 nitrogen and oxygen atoms in total. The Morgan fingerprint density at radius 1 is 0.673 bits per heavy atom. The molecule has 312 valence electrons. The van der Waals surface area contributed by atoms with Gasteiger partial charge in [-0.25, -0.2) is 0 Å². The maximum atomic E-state index is 11.8. The van der Waals surface area contributed by atoms with Crippen LogP contribution in [0.25, 0.3) is 0 Å². The van der Waals surface area contributed by atoms with Gasteiger partial charge < -0.3 is 54.7 Å². The molecular formula is C42H64Cl2O11. The molecule has 1 saturated heterocycles. The van der Waals surface area contributed by atoms with E-state index in [9.17, 15) is 35.7 Å². The van der Waals surface area contributed by atoms with E-state index in [1.807, 2.05) is 0 Å². The van der Waals surface area contributed by atoms with Crippen LogP contribution in [0, 0.1) is 0 Å². The van der Waals surface area contributed by atoms with Crippen molar-refractivity contribution in [2.45, 2.75) is 169 Å². The van der Waals surface area contributed by atoms with Gasteiger partial charge in [-0.15, -0.1) is 23.2 Å². The molecule has 0 saturated carbocycles. The van der Waals surface area contributed by atoms with Crippen LogP contribution < -0.4 is 4.74 Å². The molecule has 1 aliphatic heterocycles. The van der Waals surface area contributed by atoms with Gasteiger partial charge in [-0.3, -0.25) is 0 Å². The van der Waals surface area contributed by atoms with Crippen LogP contribution in [0.3, 0.4) is 0 Å². The topological polar surface area (TPSA) is 179 Å². The zero-order valence-corrected chi connectivity index (χ0v) is 34.3. The maximum absolute atomic E-state index is 11.8. The summed E-state index contributed by atoms with van der Waals surface area (Å²) in [6.45, 7) is 3.59. The van der Waals surface area contributed by atoms with Crippen LogP contribution in [0.15, 0.2) is 24.3 Å². The fourth-order valence-electron chi connectivity index (χ4n) is 8.24. The Hall–Kier alpha value is -2.06. The molecule has 5 aliphatic rings. The van der Waals surface area contributed by atoms with Crippen molar-refractivity contribution in [2.75, 3.05) is 20.8 Å². The summed E-state index contributed by atoms with van der Waals surface area (Å²) >= 11 is 13.9. The number of alkyl halides is 2. The van der Waals surface area contributed by atoms with E-state index >= 15 is 0 Å². The van der Waals surface area contributed by atoms with Gasteiger partial charge >= 0.3 is 0 Å². The Morgan fingerprint density at radius 2 is 1.15 bits per heavy atom. The van der Waals surface area contributed by atoms with E-state index in [4.69, 9.17) is 42.1 Å². The Balaban J connectivity index is 1.75. The van der Waals surface area contributed by atoms with Crippen LogP contribution in [-0.4, -0.2) is 98.0 Å². The minimum atomic E-state index is -1.64. The molecule has 0 amide bonds. The molecule has 1 heterocycles. The third-order valence-corrected chi connectivity index (χ3v) is 12.2. The molecule has 11 unspecified atom stereocenters. The second-order valence-corrected chi connectivity index (χ2v) is 16.6. The van der Waals surface area contributed by atoms with Crippen molar-refractivity contribution >= 4 is 23.2 Å². The van der Waals surface area contributed by atoms with Crippen molar-refractivity contribution in [1.82, 2.24) is 0 Å². The second kappa shape index (κ2) is 22.2. The lowest BCUT2D eigenvalue weighted by Crippen LogP contribution is -2.60. The second-order valence-electron chi connectivity index (χ2n) is 15.4. The maximum Gasteiger partial charge on any atom is 0.229 e. The van der Waals surface area contributed by atoms with E-state index in [-0.39, 0.29) is 45.6 Å². The molecule has 0 spiro atoms. The Bertz CT molecular complexity index is 1440. The molecule has 1 fully saturated rings. The van der Waals surface area contributed by atoms with E-state index in [0.29, 0.717) is 73.6 Å². The van der Waals surface area contributed by atoms with E-state index in [1.165, 1.54) is 0 Å². The van der Waals surface area contributed by atoms with E-state index in [2.05, 4.69) is 13.8 Å². The van der Waals surface area contributed by atoms with E-state index in [0.717, 1.165) is 38.5 Å². The minimum absolute atomic E-state index is 0.0169. The number of hydrogen-bond acceptors (Lipinski definition) is 11. The largest absolute Gasteiger partial charge is 0.508 e. The van der Waals surface area contributed by atoms with Crippen LogP contribution in [-0.2, 0) is 14.2 Å². The van der Waals surface area contributed by atoms with Gasteiger partial charge in [-0.1, -0.05) is 52.4 Å². The molecule has 7 rings (SSSR count). The molecule has 55 heavy (non-hydrogen) atoms. The molecular weight excluding hydrogens is 751 g/mol. The first-order valence-corrected chi connectivity index (χ1v) is 21.0. The average molecular weight is 816 g/mol. The third kappa shape index (κ3) is 12.0. The highest BCUT2D eigenvalue weighted by atomic mass is 35.5. The van der Waals surface area contributed by atoms with Crippen LogP contribution in [0.5, 0.6) is 23.0 Å². The average Bonchev–Trinajstić information content (AvgIpc) is 3.15. The summed E-state index contributed by atoms with van der Waals surface area (Å²) in [7, 11) is 3.16. The van der Waals surface area contributed by atoms with Crippen molar-refractivity contribution in [3.8, 4) is 23.0 Å². The van der Waals surface area contributed by atoms with Crippen molar-refractivity contribution in [3.63, 3.8) is 0 Å². The van der Waals surface area contributed by atoms with Crippen LogP contribution in [0.2, 0.25) is 0 Å². The normalized spacial score (nSPS) is 31.5. The molecule has 11 atom stereocenters. The number of benzene rings is 2. The standard InChI is InChI=1S/C42H64Cl2O11/c1-5-7-11-24-13-9-15-29(44)22-34(53-4)27-19-32(48)38(35(20-27)54-42-41(51)40(50)39(49)36(23-45)55-42)25(12-8-6-2)14-10-16-28(43)21-33(52-3)26-17-30(46)37(24)31(47)18-26/h17-20,24-25,28-29,33-34,36,39-42,45-51H,5-16,21-23H2,1-4H3. The number of aromatic hydroxyl groups is 3. The third-order valence-electron chi connectivity index (χ3n) is 11.4. The van der Waals surface area contributed by atoms with Gasteiger partial charge in [0.25, 0.3) is 0 Å². The lowest BCUT2D eigenvalue weighted by molar-refractivity contribution is -0.277. The molecule has 2 aromatic rings. The first-order valence-electron chi connectivity index (χ1n) is 20.1. The number of ether oxygens (including phenoxy) is 4. The van der Waals surface area contributed by atoms with Crippen molar-refractivity contribution in [3.05, 3.63) is 46.5 Å². The fraction of sp³-hybridized carbons (Fsp3) is 0.714. The predicted molar refractivity (Wildman–Crippen MR) is 213 cm³/mol. The van der Waals surface area contributed by atoms with Gasteiger partial charge in [0.1, 0.15) is 47.4 Å². The Morgan fingerprint density at radius 3 is 1.62 bits per heavy atom. The lowest BCUT2D eigenvalue weighted by Gasteiger charge is -2.40. The van der Waals surface area contributed by atoms with Crippen LogP contribution in [0.4, 0.5) is 0 Å². The summed E-state index contributed by atoms with van der Waals surface area (Å²) in [5, 5.41) is 75.5. The number of methoxy groups -OCH3 is 2. The smallest absolute Gasteiger partial charge is 0.229 e. The summed E-state index contributed by atoms with van der Waals surface area (Å²) in [4.78, 5) is 0. The van der Waals surface area contributed by atoms with E-state index in [1.54, 1.807) is 38.5 Å². The quantitative estimate of drug-likeness (QED) is 0.110. The zero-order chi connectivity index (χ0) is 40.2. The predicted octanol–water partition coefficient (Wildman–Crippen LogP) is 7.95. The van der Waals surface area contributed by atoms with Crippen molar-refractivity contribution < 1.29 is 54.7 Å². The Labute approximate surface area is 336 Å². The first kappa shape index (κ1) is 45.6. The molecule has 4 bridgehead atoms. The van der Waals surface area contributed by atoms with Gasteiger partial charge in [-0.05, 0) is 98.6 Å². The van der Waals surface area contributed by atoms with Crippen LogP contribution >= 0.6 is 23.2 Å². The number of rotatable bonds is 11. The monoisotopic (exact) mass is 814 g/mol. The molecule has 0 aromatic heterocycles. The summed E-state index contributed by atoms with van der Waals surface area (Å²) in [5.74, 6) is 0.0461. The number of hydrogen-bond donors (Lipinski definition) is 7. The molecule has 0 radical (unpaired) electrons. The first-order chi connectivity index (χ1) is 26.4. The van der Waals surface area contributed by atoms with Gasteiger partial charge in [0.2, 0.25) is 6.29 Å². The number of halogens is 2. The highest BCUT2D eigenvalue weighted by Crippen LogP contribution is 2.46. The Kier molecular flexibility index (Phi) is 18.4. The van der Waals surface area contributed by atoms with Crippen LogP contribution in [0.1, 0.15) is 150 Å². The molecule has 4 aliphatic carbocycles. The van der Waals surface area contributed by atoms with Gasteiger partial charge in [0, 0.05) is 36.1 Å². The SMILES string of the molecule is CCCCC1CCCC(Cl)CC(OC)c2cc(O)c(c(OC3OC(CO)C(O)C(O)C3O)c2)C(CCCC)CCCC(Cl)CC(OC)c2cc(O)c1c(O)c2. The van der Waals surface area contributed by atoms with Gasteiger partial charge in [-0.2, -0.15) is 0 Å². The van der Waals surface area contributed by atoms with Crippen molar-refractivity contribution in [2.24, 2.45) is 0 Å². The summed E-state index contributed by atoms with van der Waals surface area (Å²) < 4.78 is 23.9. The van der Waals surface area contributed by atoms with Gasteiger partial charge in [0.15, 0.2) is 0 Å². The van der Waals surface area contributed by atoms with Crippen molar-refractivity contribution in [1.29, 1.82) is 0 Å². The summed E-state index contributed by atoms with van der Waals surface area (Å²) in [6, 6.07) is 6.80. The molecule has 2 aromatic carbocycles. The summed E-state index contributed by atoms with van der Waals surface area (Å²) in [5.41, 5.74) is 2.29. The fourth-order valence-corrected chi connectivity index (χ4v) is 8.87. The highest BCUT2D eigenvalue weighted by molar-refractivity contribution is 6.20. The lowest BCUT2D eigenvalue weighted by atomic mass is 9.85. The summed E-state index contributed by atoms with van der Waals surface area (Å²) in [6.07, 6.45) is 1.53. The minimum Gasteiger partial charge on any atom is -0.508 e. The highest BCUT2D eigenvalue weighted by Gasteiger charge is 2.45. The zero-order valence-electron chi connectivity index (χ0n) is 32.8. The number of aliphatic hydroxyl groups is 4. The number of aliphatic hydroxyl groups excluding tert-OH is 4. The molecule has 13 heteroatoms. The molecule has 7 N–H and O–H groups in total. The van der Waals surface area contributed by atoms with Gasteiger partial charge in [0.05, 0.1) is 18.8 Å². The van der Waals surface area contributed by atoms with E-state index < -0.39 is 49.5 Å². The number of unbranched alkanes of at least 4 members (excludes halogenated alkanes) is 2. The number of phenols is 3.